The zero-order chi connectivity index (χ0) is 20.5. The fourth-order valence-corrected chi connectivity index (χ4v) is 4.00. The molecule has 0 bridgehead atoms. The first-order valence-electron chi connectivity index (χ1n) is 10.2. The molecule has 1 saturated carbocycles. The predicted octanol–water partition coefficient (Wildman–Crippen LogP) is 4.57. The third-order valence-electron chi connectivity index (χ3n) is 5.63. The molecule has 0 amide bonds. The second-order valence-electron chi connectivity index (χ2n) is 8.80. The molecule has 0 aliphatic heterocycles. The highest BCUT2D eigenvalue weighted by Gasteiger charge is 2.36. The molecule has 1 unspecified atom stereocenters. The van der Waals surface area contributed by atoms with E-state index in [1.807, 2.05) is 6.92 Å². The fraction of sp³-hybridized carbons (Fsp3) is 0.636. The van der Waals surface area contributed by atoms with E-state index in [0.29, 0.717) is 54.0 Å². The van der Waals surface area contributed by atoms with Crippen LogP contribution in [-0.2, 0) is 17.6 Å². The number of allylic oxidation sites excluding steroid dienone is 2. The fourth-order valence-electron chi connectivity index (χ4n) is 4.00. The summed E-state index contributed by atoms with van der Waals surface area (Å²) in [5.74, 6) is 0.684. The Labute approximate surface area is 166 Å². The van der Waals surface area contributed by atoms with Crippen LogP contribution in [0.1, 0.15) is 88.0 Å². The molecule has 2 aliphatic rings. The number of fused-ring (bicyclic) bond motifs is 1. The summed E-state index contributed by atoms with van der Waals surface area (Å²) in [7, 11) is 0. The monoisotopic (exact) mass is 386 g/mol. The third-order valence-corrected chi connectivity index (χ3v) is 5.63. The van der Waals surface area contributed by atoms with Gasteiger partial charge < -0.3 is 9.63 Å². The van der Waals surface area contributed by atoms with Gasteiger partial charge in [0.25, 0.3) is 0 Å². The zero-order valence-electron chi connectivity index (χ0n) is 17.3. The molecule has 152 valence electrons. The van der Waals surface area contributed by atoms with Crippen LogP contribution in [0.25, 0.3) is 0 Å². The number of hydrogen-bond acceptors (Lipinski definition) is 6. The number of aliphatic imine (C=N–C) groups is 1. The number of rotatable bonds is 5. The van der Waals surface area contributed by atoms with Crippen LogP contribution in [-0.4, -0.2) is 33.6 Å². The van der Waals surface area contributed by atoms with Gasteiger partial charge in [0, 0.05) is 43.9 Å². The Kier molecular flexibility index (Phi) is 5.87. The second-order valence-corrected chi connectivity index (χ2v) is 8.80. The maximum atomic E-state index is 12.8. The number of aromatic nitrogens is 1. The molecule has 28 heavy (non-hydrogen) atoms. The Bertz CT molecular complexity index is 845. The second kappa shape index (κ2) is 8.02. The zero-order valence-corrected chi connectivity index (χ0v) is 17.3. The molecule has 1 N–H and O–H groups in total. The van der Waals surface area contributed by atoms with Crippen molar-refractivity contribution in [2.45, 2.75) is 85.1 Å². The summed E-state index contributed by atoms with van der Waals surface area (Å²) >= 11 is 0. The highest BCUT2D eigenvalue weighted by atomic mass is 16.5. The van der Waals surface area contributed by atoms with E-state index in [1.54, 1.807) is 0 Å². The lowest BCUT2D eigenvalue weighted by atomic mass is 9.73. The normalized spacial score (nSPS) is 23.6. The van der Waals surface area contributed by atoms with Crippen molar-refractivity contribution >= 4 is 17.3 Å². The Hall–Kier alpha value is -2.24. The van der Waals surface area contributed by atoms with Crippen LogP contribution in [0.4, 0.5) is 0 Å². The van der Waals surface area contributed by atoms with Crippen LogP contribution in [0.15, 0.2) is 20.8 Å². The number of aliphatic hydroxyl groups is 1. The first kappa shape index (κ1) is 20.5. The van der Waals surface area contributed by atoms with Gasteiger partial charge in [0.15, 0.2) is 11.6 Å². The van der Waals surface area contributed by atoms with Crippen molar-refractivity contribution in [2.75, 3.05) is 0 Å². The topological polar surface area (TPSA) is 92.8 Å². The molecule has 1 aromatic heterocycles. The first-order valence-corrected chi connectivity index (χ1v) is 10.2. The molecule has 2 aliphatic carbocycles. The van der Waals surface area contributed by atoms with E-state index in [1.165, 1.54) is 0 Å². The van der Waals surface area contributed by atoms with Crippen molar-refractivity contribution in [1.82, 2.24) is 5.16 Å². The molecule has 1 fully saturated rings. The van der Waals surface area contributed by atoms with Gasteiger partial charge >= 0.3 is 0 Å². The maximum Gasteiger partial charge on any atom is 0.168 e. The molecule has 3 rings (SSSR count). The molecule has 1 heterocycles. The van der Waals surface area contributed by atoms with Crippen molar-refractivity contribution in [1.29, 1.82) is 0 Å². The van der Waals surface area contributed by atoms with Gasteiger partial charge in [-0.1, -0.05) is 25.9 Å². The van der Waals surface area contributed by atoms with Gasteiger partial charge in [-0.25, -0.2) is 0 Å². The summed E-state index contributed by atoms with van der Waals surface area (Å²) in [5.41, 5.74) is 2.06. The number of hydrogen-bond donors (Lipinski definition) is 1. The van der Waals surface area contributed by atoms with Gasteiger partial charge in [-0.15, -0.1) is 0 Å². The molecule has 0 spiro atoms. The van der Waals surface area contributed by atoms with Gasteiger partial charge in [0.05, 0.1) is 16.8 Å². The Morgan fingerprint density at radius 3 is 2.71 bits per heavy atom. The van der Waals surface area contributed by atoms with Crippen LogP contribution >= 0.6 is 0 Å². The Balaban J connectivity index is 1.86. The van der Waals surface area contributed by atoms with E-state index in [9.17, 15) is 14.7 Å². The van der Waals surface area contributed by atoms with E-state index in [4.69, 9.17) is 9.52 Å². The van der Waals surface area contributed by atoms with Crippen LogP contribution in [0.3, 0.4) is 0 Å². The van der Waals surface area contributed by atoms with Gasteiger partial charge in [-0.2, -0.15) is 0 Å². The number of carbonyl (C=O) groups is 2. The Morgan fingerprint density at radius 2 is 2.00 bits per heavy atom. The minimum absolute atomic E-state index is 0.0440. The van der Waals surface area contributed by atoms with Crippen LogP contribution < -0.4 is 0 Å². The molecule has 0 radical (unpaired) electrons. The van der Waals surface area contributed by atoms with E-state index in [2.05, 4.69) is 25.9 Å². The van der Waals surface area contributed by atoms with Crippen molar-refractivity contribution in [3.05, 3.63) is 28.3 Å². The quantitative estimate of drug-likeness (QED) is 0.591. The average Bonchev–Trinajstić information content (AvgIpc) is 3.03. The molecular weight excluding hydrogens is 356 g/mol. The molecule has 1 atom stereocenters. The van der Waals surface area contributed by atoms with Crippen molar-refractivity contribution in [3.8, 4) is 0 Å². The molecule has 0 aromatic carbocycles. The Morgan fingerprint density at radius 1 is 1.25 bits per heavy atom. The van der Waals surface area contributed by atoms with Crippen LogP contribution in [0.5, 0.6) is 0 Å². The lowest BCUT2D eigenvalue weighted by molar-refractivity contribution is -0.117. The van der Waals surface area contributed by atoms with Crippen molar-refractivity contribution in [2.24, 2.45) is 10.4 Å². The van der Waals surface area contributed by atoms with Crippen molar-refractivity contribution in [3.63, 3.8) is 0 Å². The smallest absolute Gasteiger partial charge is 0.168 e. The highest BCUT2D eigenvalue weighted by molar-refractivity contribution is 6.24. The number of aliphatic hydroxyl groups excluding tert-OH is 1. The molecule has 1 aromatic rings. The number of nitrogens with zero attached hydrogens (tertiary/aromatic N) is 2. The lowest BCUT2D eigenvalue weighted by Crippen LogP contribution is -2.33. The summed E-state index contributed by atoms with van der Waals surface area (Å²) in [6.07, 6.45) is 4.56. The number of Topliss-reactive ketones (excluding diaryl/α,β-unsaturated/α-hetero) is 2. The largest absolute Gasteiger partial charge is 0.511 e. The van der Waals surface area contributed by atoms with Gasteiger partial charge in [0.2, 0.25) is 0 Å². The molecular formula is C22H30N2O4. The van der Waals surface area contributed by atoms with Gasteiger partial charge in [-0.3, -0.25) is 14.6 Å². The van der Waals surface area contributed by atoms with Crippen molar-refractivity contribution < 1.29 is 19.2 Å². The van der Waals surface area contributed by atoms with E-state index in [0.717, 1.165) is 19.3 Å². The minimum atomic E-state index is -0.162. The van der Waals surface area contributed by atoms with Gasteiger partial charge in [0.1, 0.15) is 11.5 Å². The SMILES string of the molecule is CCC(C)N=C1CC(C)(C)CC(=O)/C1=C(/O)CCc1noc2c1C(=O)CCC2. The number of carbonyl (C=O) groups excluding carboxylic acids is 2. The van der Waals surface area contributed by atoms with E-state index >= 15 is 0 Å². The standard InChI is InChI=1S/C22H30N2O4/c1-5-13(2)23-15-11-22(3,4)12-18(27)20(15)17(26)10-9-14-21-16(25)7-6-8-19(21)28-24-14/h13,26H,5-12H2,1-4H3/b20-17+,23-15?. The summed E-state index contributed by atoms with van der Waals surface area (Å²) in [6, 6.07) is 0.0969. The minimum Gasteiger partial charge on any atom is -0.511 e. The maximum absolute atomic E-state index is 12.8. The summed E-state index contributed by atoms with van der Waals surface area (Å²) in [5, 5.41) is 14.8. The van der Waals surface area contributed by atoms with Crippen LogP contribution in [0, 0.1) is 5.41 Å². The molecule has 6 heteroatoms. The first-order chi connectivity index (χ1) is 13.2. The summed E-state index contributed by atoms with van der Waals surface area (Å²) < 4.78 is 5.31. The predicted molar refractivity (Wildman–Crippen MR) is 107 cm³/mol. The number of ketones is 2. The average molecular weight is 386 g/mol. The molecule has 6 nitrogen and oxygen atoms in total. The highest BCUT2D eigenvalue weighted by Crippen LogP contribution is 2.36. The van der Waals surface area contributed by atoms with E-state index in [-0.39, 0.29) is 35.2 Å². The molecule has 0 saturated heterocycles. The van der Waals surface area contributed by atoms with E-state index < -0.39 is 0 Å². The summed E-state index contributed by atoms with van der Waals surface area (Å²) in [4.78, 5) is 29.7. The summed E-state index contributed by atoms with van der Waals surface area (Å²) in [6.45, 7) is 8.18. The number of aryl methyl sites for hydroxylation is 2. The van der Waals surface area contributed by atoms with Gasteiger partial charge in [-0.05, 0) is 31.6 Å². The lowest BCUT2D eigenvalue weighted by Gasteiger charge is -2.32. The van der Waals surface area contributed by atoms with Crippen LogP contribution in [0.2, 0.25) is 0 Å². The third kappa shape index (κ3) is 4.26.